The minimum absolute atomic E-state index is 0.395. The molecule has 2 N–H and O–H groups in total. The van der Waals surface area contributed by atoms with Crippen molar-refractivity contribution in [3.8, 4) is 0 Å². The molecule has 0 radical (unpaired) electrons. The molecular weight excluding hydrogens is 229 g/mol. The second kappa shape index (κ2) is 3.24. The third-order valence-electron chi connectivity index (χ3n) is 1.24. The molecule has 0 aromatic heterocycles. The van der Waals surface area contributed by atoms with Gasteiger partial charge in [0.1, 0.15) is 0 Å². The van der Waals surface area contributed by atoms with Crippen LogP contribution in [0.25, 0.3) is 0 Å². The average Bonchev–Trinajstić information content (AvgIpc) is 1.94. The lowest BCUT2D eigenvalue weighted by Crippen LogP contribution is -1.94. The van der Waals surface area contributed by atoms with Crippen molar-refractivity contribution in [3.05, 3.63) is 28.2 Å². The summed E-state index contributed by atoms with van der Waals surface area (Å²) < 4.78 is 0.556. The van der Waals surface area contributed by atoms with E-state index in [1.165, 1.54) is 0 Å². The van der Waals surface area contributed by atoms with Crippen LogP contribution in [0.2, 0.25) is 0 Å². The Morgan fingerprint density at radius 1 is 1.55 bits per heavy atom. The van der Waals surface area contributed by atoms with Gasteiger partial charge in [-0.2, -0.15) is 0 Å². The first-order valence-corrected chi connectivity index (χ1v) is 4.04. The first-order chi connectivity index (χ1) is 5.13. The van der Waals surface area contributed by atoms with Crippen LogP contribution < -0.4 is 5.73 Å². The normalized spacial score (nSPS) is 9.64. The van der Waals surface area contributed by atoms with Gasteiger partial charge in [0.25, 0.3) is 5.24 Å². The van der Waals surface area contributed by atoms with Gasteiger partial charge in [0, 0.05) is 5.69 Å². The molecule has 0 aliphatic carbocycles. The van der Waals surface area contributed by atoms with Crippen LogP contribution in [0.3, 0.4) is 0 Å². The van der Waals surface area contributed by atoms with Gasteiger partial charge in [-0.05, 0) is 39.7 Å². The van der Waals surface area contributed by atoms with Crippen LogP contribution in [0.1, 0.15) is 10.4 Å². The lowest BCUT2D eigenvalue weighted by atomic mass is 10.2. The number of hydrogen-bond acceptors (Lipinski definition) is 2. The lowest BCUT2D eigenvalue weighted by Gasteiger charge is -2.00. The van der Waals surface area contributed by atoms with E-state index in [0.717, 1.165) is 0 Å². The number of rotatable bonds is 1. The molecule has 1 rings (SSSR count). The summed E-state index contributed by atoms with van der Waals surface area (Å²) in [5.74, 6) is 0. The molecule has 2 nitrogen and oxygen atoms in total. The molecule has 0 saturated heterocycles. The molecule has 0 saturated carbocycles. The fourth-order valence-corrected chi connectivity index (χ4v) is 1.42. The molecule has 0 bridgehead atoms. The Morgan fingerprint density at radius 3 is 2.64 bits per heavy atom. The summed E-state index contributed by atoms with van der Waals surface area (Å²) in [6, 6.07) is 4.97. The zero-order chi connectivity index (χ0) is 8.43. The SMILES string of the molecule is Nc1cccc(C(=O)Cl)c1Br. The molecule has 0 spiro atoms. The maximum absolute atomic E-state index is 10.7. The fraction of sp³-hybridized carbons (Fsp3) is 0. The van der Waals surface area contributed by atoms with Gasteiger partial charge in [-0.25, -0.2) is 0 Å². The third kappa shape index (κ3) is 1.73. The van der Waals surface area contributed by atoms with Crippen LogP contribution in [-0.2, 0) is 0 Å². The molecule has 58 valence electrons. The van der Waals surface area contributed by atoms with Crippen LogP contribution in [0.15, 0.2) is 22.7 Å². The van der Waals surface area contributed by atoms with E-state index in [1.54, 1.807) is 18.2 Å². The van der Waals surface area contributed by atoms with Gasteiger partial charge < -0.3 is 5.73 Å². The summed E-state index contributed by atoms with van der Waals surface area (Å²) in [4.78, 5) is 10.7. The first kappa shape index (κ1) is 8.56. The van der Waals surface area contributed by atoms with E-state index < -0.39 is 5.24 Å². The van der Waals surface area contributed by atoms with E-state index in [4.69, 9.17) is 17.3 Å². The number of carbonyl (C=O) groups is 1. The van der Waals surface area contributed by atoms with E-state index in [9.17, 15) is 4.79 Å². The van der Waals surface area contributed by atoms with Gasteiger partial charge in [-0.1, -0.05) is 6.07 Å². The van der Waals surface area contributed by atoms with E-state index >= 15 is 0 Å². The predicted molar refractivity (Wildman–Crippen MR) is 48.7 cm³/mol. The zero-order valence-electron chi connectivity index (χ0n) is 5.47. The quantitative estimate of drug-likeness (QED) is 0.599. The summed E-state index contributed by atoms with van der Waals surface area (Å²) in [5, 5.41) is -0.510. The lowest BCUT2D eigenvalue weighted by molar-refractivity contribution is 0.108. The summed E-state index contributed by atoms with van der Waals surface area (Å²) in [7, 11) is 0. The van der Waals surface area contributed by atoms with Crippen molar-refractivity contribution in [1.29, 1.82) is 0 Å². The van der Waals surface area contributed by atoms with Gasteiger partial charge in [-0.3, -0.25) is 4.79 Å². The molecular formula is C7H5BrClNO. The molecule has 0 aliphatic heterocycles. The zero-order valence-corrected chi connectivity index (χ0v) is 7.82. The number of carbonyl (C=O) groups excluding carboxylic acids is 1. The second-order valence-corrected chi connectivity index (χ2v) is 3.12. The van der Waals surface area contributed by atoms with Crippen molar-refractivity contribution in [2.45, 2.75) is 0 Å². The van der Waals surface area contributed by atoms with Gasteiger partial charge in [-0.15, -0.1) is 0 Å². The first-order valence-electron chi connectivity index (χ1n) is 2.86. The number of hydrogen-bond donors (Lipinski definition) is 1. The predicted octanol–water partition coefficient (Wildman–Crippen LogP) is 2.41. The summed E-state index contributed by atoms with van der Waals surface area (Å²) in [6.45, 7) is 0. The highest BCUT2D eigenvalue weighted by Gasteiger charge is 2.07. The summed E-state index contributed by atoms with van der Waals surface area (Å²) >= 11 is 8.41. The monoisotopic (exact) mass is 233 g/mol. The molecule has 11 heavy (non-hydrogen) atoms. The van der Waals surface area contributed by atoms with Crippen LogP contribution in [0.5, 0.6) is 0 Å². The Kier molecular flexibility index (Phi) is 2.52. The fourth-order valence-electron chi connectivity index (χ4n) is 0.702. The maximum Gasteiger partial charge on any atom is 0.253 e. The molecule has 1 aromatic carbocycles. The average molecular weight is 234 g/mol. The van der Waals surface area contributed by atoms with Crippen molar-refractivity contribution in [1.82, 2.24) is 0 Å². The molecule has 0 amide bonds. The number of halogens is 2. The van der Waals surface area contributed by atoms with Crippen molar-refractivity contribution < 1.29 is 4.79 Å². The van der Waals surface area contributed by atoms with Gasteiger partial charge in [0.2, 0.25) is 0 Å². The van der Waals surface area contributed by atoms with Crippen molar-refractivity contribution >= 4 is 38.5 Å². The van der Waals surface area contributed by atoms with Crippen molar-refractivity contribution in [2.75, 3.05) is 5.73 Å². The number of anilines is 1. The van der Waals surface area contributed by atoms with E-state index in [-0.39, 0.29) is 0 Å². The molecule has 0 aliphatic rings. The smallest absolute Gasteiger partial charge is 0.253 e. The molecule has 0 fully saturated rings. The standard InChI is InChI=1S/C7H5BrClNO/c8-6-4(7(9)11)2-1-3-5(6)10/h1-3H,10H2. The van der Waals surface area contributed by atoms with Crippen LogP contribution in [0, 0.1) is 0 Å². The Bertz CT molecular complexity index is 300. The highest BCUT2D eigenvalue weighted by Crippen LogP contribution is 2.24. The van der Waals surface area contributed by atoms with Crippen LogP contribution in [0.4, 0.5) is 5.69 Å². The Hall–Kier alpha value is -0.540. The Labute approximate surface area is 77.5 Å². The Morgan fingerprint density at radius 2 is 2.18 bits per heavy atom. The van der Waals surface area contributed by atoms with Crippen LogP contribution >= 0.6 is 27.5 Å². The van der Waals surface area contributed by atoms with E-state index in [2.05, 4.69) is 15.9 Å². The highest BCUT2D eigenvalue weighted by molar-refractivity contribution is 9.10. The summed E-state index contributed by atoms with van der Waals surface area (Å²) in [6.07, 6.45) is 0. The number of nitrogen functional groups attached to an aromatic ring is 1. The molecule has 1 aromatic rings. The maximum atomic E-state index is 10.7. The minimum Gasteiger partial charge on any atom is -0.398 e. The number of benzene rings is 1. The molecule has 0 heterocycles. The van der Waals surface area contributed by atoms with E-state index in [0.29, 0.717) is 15.7 Å². The van der Waals surface area contributed by atoms with Gasteiger partial charge >= 0.3 is 0 Å². The highest BCUT2D eigenvalue weighted by atomic mass is 79.9. The Balaban J connectivity index is 3.27. The third-order valence-corrected chi connectivity index (χ3v) is 2.33. The van der Waals surface area contributed by atoms with E-state index in [1.807, 2.05) is 0 Å². The van der Waals surface area contributed by atoms with Gasteiger partial charge in [0.15, 0.2) is 0 Å². The second-order valence-electron chi connectivity index (χ2n) is 1.98. The molecule has 0 atom stereocenters. The molecule has 0 unspecified atom stereocenters. The van der Waals surface area contributed by atoms with Crippen molar-refractivity contribution in [2.24, 2.45) is 0 Å². The van der Waals surface area contributed by atoms with Crippen molar-refractivity contribution in [3.63, 3.8) is 0 Å². The minimum atomic E-state index is -0.510. The largest absolute Gasteiger partial charge is 0.398 e. The molecule has 4 heteroatoms. The van der Waals surface area contributed by atoms with Gasteiger partial charge in [0.05, 0.1) is 10.0 Å². The van der Waals surface area contributed by atoms with Crippen LogP contribution in [-0.4, -0.2) is 5.24 Å². The number of nitrogens with two attached hydrogens (primary N) is 1. The summed E-state index contributed by atoms with van der Waals surface area (Å²) in [5.41, 5.74) is 6.41. The topological polar surface area (TPSA) is 43.1 Å².